The molecule has 100 valence electrons. The van der Waals surface area contributed by atoms with Crippen LogP contribution in [0.5, 0.6) is 0 Å². The van der Waals surface area contributed by atoms with Crippen LogP contribution < -0.4 is 0 Å². The van der Waals surface area contributed by atoms with Gasteiger partial charge in [-0.2, -0.15) is 0 Å². The van der Waals surface area contributed by atoms with Crippen LogP contribution in [0.15, 0.2) is 34.8 Å². The summed E-state index contributed by atoms with van der Waals surface area (Å²) in [5.74, 6) is 0.960. The van der Waals surface area contributed by atoms with Crippen LogP contribution in [0.2, 0.25) is 0 Å². The van der Waals surface area contributed by atoms with Gasteiger partial charge in [-0.25, -0.2) is 4.39 Å². The van der Waals surface area contributed by atoms with Gasteiger partial charge in [0.15, 0.2) is 0 Å². The fraction of sp³-hybridized carbons (Fsp3) is 0.286. The molecule has 0 spiro atoms. The summed E-state index contributed by atoms with van der Waals surface area (Å²) in [6, 6.07) is 6.38. The van der Waals surface area contributed by atoms with Crippen molar-refractivity contribution in [3.05, 3.63) is 53.5 Å². The third-order valence-electron chi connectivity index (χ3n) is 2.57. The molecule has 2 aromatic rings. The predicted molar refractivity (Wildman–Crippen MR) is 70.8 cm³/mol. The van der Waals surface area contributed by atoms with Crippen molar-refractivity contribution in [1.29, 1.82) is 0 Å². The Hall–Kier alpha value is -2.01. The predicted octanol–water partition coefficient (Wildman–Crippen LogP) is 2.66. The van der Waals surface area contributed by atoms with Crippen molar-refractivity contribution >= 4 is 6.08 Å². The van der Waals surface area contributed by atoms with Gasteiger partial charge in [-0.1, -0.05) is 24.3 Å². The number of hydrogen-bond acceptors (Lipinski definition) is 4. The fourth-order valence-corrected chi connectivity index (χ4v) is 1.64. The molecule has 2 rings (SSSR count). The largest absolute Gasteiger partial charge is 0.424 e. The van der Waals surface area contributed by atoms with E-state index in [0.29, 0.717) is 18.3 Å². The van der Waals surface area contributed by atoms with Crippen molar-refractivity contribution in [3.63, 3.8) is 0 Å². The normalized spacial score (nSPS) is 11.6. The Morgan fingerprint density at radius 1 is 1.26 bits per heavy atom. The Bertz CT molecular complexity index is 548. The maximum atomic E-state index is 12.7. The van der Waals surface area contributed by atoms with E-state index in [-0.39, 0.29) is 5.82 Å². The van der Waals surface area contributed by atoms with Gasteiger partial charge in [0.25, 0.3) is 0 Å². The van der Waals surface area contributed by atoms with Crippen LogP contribution in [-0.2, 0) is 6.54 Å². The van der Waals surface area contributed by atoms with Crippen molar-refractivity contribution in [2.45, 2.75) is 13.5 Å². The molecule has 0 atom stereocenters. The molecule has 0 radical (unpaired) electrons. The molecule has 0 aliphatic heterocycles. The molecule has 0 aliphatic rings. The van der Waals surface area contributed by atoms with E-state index in [0.717, 1.165) is 12.1 Å². The van der Waals surface area contributed by atoms with Gasteiger partial charge in [-0.3, -0.25) is 4.90 Å². The lowest BCUT2D eigenvalue weighted by molar-refractivity contribution is 0.311. The standard InChI is InChI=1S/C14H16FN3O/c1-11-16-17-14(19-11)10-18(2)9-3-4-12-5-7-13(15)8-6-12/h3-8H,9-10H2,1-2H3/b4-3+. The lowest BCUT2D eigenvalue weighted by atomic mass is 10.2. The van der Waals surface area contributed by atoms with Gasteiger partial charge in [0.05, 0.1) is 6.54 Å². The summed E-state index contributed by atoms with van der Waals surface area (Å²) < 4.78 is 18.0. The van der Waals surface area contributed by atoms with Crippen LogP contribution in [0.25, 0.3) is 6.08 Å². The average Bonchev–Trinajstić information content (AvgIpc) is 2.77. The molecule has 0 N–H and O–H groups in total. The Morgan fingerprint density at radius 2 is 2.00 bits per heavy atom. The van der Waals surface area contributed by atoms with Crippen molar-refractivity contribution in [2.24, 2.45) is 0 Å². The van der Waals surface area contributed by atoms with Crippen molar-refractivity contribution in [1.82, 2.24) is 15.1 Å². The fourth-order valence-electron chi connectivity index (χ4n) is 1.64. The minimum absolute atomic E-state index is 0.221. The lowest BCUT2D eigenvalue weighted by Crippen LogP contribution is -2.17. The van der Waals surface area contributed by atoms with Gasteiger partial charge < -0.3 is 4.42 Å². The quantitative estimate of drug-likeness (QED) is 0.829. The third-order valence-corrected chi connectivity index (χ3v) is 2.57. The molecule has 5 heteroatoms. The highest BCUT2D eigenvalue weighted by Crippen LogP contribution is 2.05. The molecule has 1 aromatic carbocycles. The number of nitrogens with zero attached hydrogens (tertiary/aromatic N) is 3. The molecule has 0 amide bonds. The Morgan fingerprint density at radius 3 is 2.63 bits per heavy atom. The molecule has 4 nitrogen and oxygen atoms in total. The van der Waals surface area contributed by atoms with Crippen LogP contribution in [-0.4, -0.2) is 28.7 Å². The first-order valence-corrected chi connectivity index (χ1v) is 6.03. The number of rotatable bonds is 5. The SMILES string of the molecule is Cc1nnc(CN(C)C/C=C/c2ccc(F)cc2)o1. The van der Waals surface area contributed by atoms with Gasteiger partial charge in [0.2, 0.25) is 11.8 Å². The summed E-state index contributed by atoms with van der Waals surface area (Å²) in [5.41, 5.74) is 0.975. The summed E-state index contributed by atoms with van der Waals surface area (Å²) >= 11 is 0. The van der Waals surface area contributed by atoms with Crippen molar-refractivity contribution in [2.75, 3.05) is 13.6 Å². The second kappa shape index (κ2) is 6.24. The van der Waals surface area contributed by atoms with E-state index in [1.165, 1.54) is 12.1 Å². The molecule has 0 saturated carbocycles. The molecular formula is C14H16FN3O. The first-order valence-electron chi connectivity index (χ1n) is 6.03. The van der Waals surface area contributed by atoms with E-state index in [2.05, 4.69) is 10.2 Å². The molecule has 0 aliphatic carbocycles. The summed E-state index contributed by atoms with van der Waals surface area (Å²) in [7, 11) is 1.97. The van der Waals surface area contributed by atoms with Crippen LogP contribution in [0.4, 0.5) is 4.39 Å². The van der Waals surface area contributed by atoms with Gasteiger partial charge in [0, 0.05) is 13.5 Å². The van der Waals surface area contributed by atoms with E-state index < -0.39 is 0 Å². The van der Waals surface area contributed by atoms with Gasteiger partial charge in [-0.05, 0) is 24.7 Å². The van der Waals surface area contributed by atoms with Gasteiger partial charge in [0.1, 0.15) is 5.82 Å². The van der Waals surface area contributed by atoms with E-state index in [9.17, 15) is 4.39 Å². The number of halogens is 1. The zero-order valence-corrected chi connectivity index (χ0v) is 11.0. The number of likely N-dealkylation sites (N-methyl/N-ethyl adjacent to an activating group) is 1. The highest BCUT2D eigenvalue weighted by Gasteiger charge is 2.04. The van der Waals surface area contributed by atoms with E-state index in [4.69, 9.17) is 4.42 Å². The van der Waals surface area contributed by atoms with Crippen LogP contribution in [0.1, 0.15) is 17.3 Å². The molecule has 0 saturated heterocycles. The van der Waals surface area contributed by atoms with Crippen LogP contribution in [0.3, 0.4) is 0 Å². The zero-order chi connectivity index (χ0) is 13.7. The summed E-state index contributed by atoms with van der Waals surface area (Å²) in [6.07, 6.45) is 3.96. The maximum Gasteiger partial charge on any atom is 0.230 e. The zero-order valence-electron chi connectivity index (χ0n) is 11.0. The Kier molecular flexibility index (Phi) is 4.41. The third kappa shape index (κ3) is 4.30. The number of aromatic nitrogens is 2. The van der Waals surface area contributed by atoms with Crippen LogP contribution in [0, 0.1) is 12.7 Å². The van der Waals surface area contributed by atoms with Gasteiger partial charge >= 0.3 is 0 Å². The number of benzene rings is 1. The topological polar surface area (TPSA) is 42.2 Å². The minimum Gasteiger partial charge on any atom is -0.424 e. The number of hydrogen-bond donors (Lipinski definition) is 0. The first kappa shape index (κ1) is 13.4. The van der Waals surface area contributed by atoms with Gasteiger partial charge in [-0.15, -0.1) is 10.2 Å². The highest BCUT2D eigenvalue weighted by atomic mass is 19.1. The average molecular weight is 261 g/mol. The smallest absolute Gasteiger partial charge is 0.230 e. The molecule has 0 bridgehead atoms. The molecule has 0 fully saturated rings. The molecule has 1 heterocycles. The Balaban J connectivity index is 1.82. The van der Waals surface area contributed by atoms with E-state index in [1.807, 2.05) is 24.1 Å². The second-order valence-electron chi connectivity index (χ2n) is 4.37. The molecular weight excluding hydrogens is 245 g/mol. The molecule has 0 unspecified atom stereocenters. The first-order chi connectivity index (χ1) is 9.13. The monoisotopic (exact) mass is 261 g/mol. The molecule has 19 heavy (non-hydrogen) atoms. The second-order valence-corrected chi connectivity index (χ2v) is 4.37. The van der Waals surface area contributed by atoms with Crippen molar-refractivity contribution in [3.8, 4) is 0 Å². The number of aryl methyl sites for hydroxylation is 1. The summed E-state index contributed by atoms with van der Waals surface area (Å²) in [4.78, 5) is 2.05. The van der Waals surface area contributed by atoms with Crippen molar-refractivity contribution < 1.29 is 8.81 Å². The van der Waals surface area contributed by atoms with E-state index in [1.54, 1.807) is 19.1 Å². The van der Waals surface area contributed by atoms with Crippen LogP contribution >= 0.6 is 0 Å². The summed E-state index contributed by atoms with van der Waals surface area (Å²) in [5, 5.41) is 7.72. The highest BCUT2D eigenvalue weighted by molar-refractivity contribution is 5.48. The lowest BCUT2D eigenvalue weighted by Gasteiger charge is -2.10. The Labute approximate surface area is 111 Å². The minimum atomic E-state index is -0.221. The maximum absolute atomic E-state index is 12.7. The summed E-state index contributed by atoms with van der Waals surface area (Å²) in [6.45, 7) is 3.12. The van der Waals surface area contributed by atoms with E-state index >= 15 is 0 Å². The molecule has 1 aromatic heterocycles.